The van der Waals surface area contributed by atoms with Crippen LogP contribution < -0.4 is 5.32 Å². The third-order valence-corrected chi connectivity index (χ3v) is 2.22. The van der Waals surface area contributed by atoms with Gasteiger partial charge in [0.1, 0.15) is 0 Å². The molecule has 0 heterocycles. The third kappa shape index (κ3) is 3.95. The van der Waals surface area contributed by atoms with Crippen molar-refractivity contribution in [1.29, 1.82) is 0 Å². The zero-order valence-corrected chi connectivity index (χ0v) is 7.12. The predicted molar refractivity (Wildman–Crippen MR) is 40.8 cm³/mol. The van der Waals surface area contributed by atoms with Gasteiger partial charge in [-0.1, -0.05) is 6.92 Å². The minimum Gasteiger partial charge on any atom is -0.308 e. The van der Waals surface area contributed by atoms with Crippen molar-refractivity contribution in [1.82, 2.24) is 5.32 Å². The van der Waals surface area contributed by atoms with Gasteiger partial charge in [-0.2, -0.15) is 13.2 Å². The average Bonchev–Trinajstić information content (AvgIpc) is 2.64. The Morgan fingerprint density at radius 2 is 2.00 bits per heavy atom. The molecule has 1 aliphatic rings. The Morgan fingerprint density at radius 3 is 2.42 bits per heavy atom. The number of hydrogen-bond acceptors (Lipinski definition) is 1. The van der Waals surface area contributed by atoms with Crippen LogP contribution in [0.4, 0.5) is 13.2 Å². The molecule has 0 radical (unpaired) electrons. The van der Waals surface area contributed by atoms with Crippen LogP contribution in [-0.2, 0) is 0 Å². The van der Waals surface area contributed by atoms with Crippen molar-refractivity contribution in [2.75, 3.05) is 13.1 Å². The van der Waals surface area contributed by atoms with Crippen molar-refractivity contribution in [3.05, 3.63) is 0 Å². The van der Waals surface area contributed by atoms with Gasteiger partial charge in [0.2, 0.25) is 0 Å². The van der Waals surface area contributed by atoms with E-state index in [4.69, 9.17) is 0 Å². The lowest BCUT2D eigenvalue weighted by atomic mass is 10.1. The van der Waals surface area contributed by atoms with Crippen molar-refractivity contribution in [2.24, 2.45) is 11.8 Å². The topological polar surface area (TPSA) is 12.0 Å². The molecule has 1 saturated carbocycles. The molecule has 0 aromatic rings. The van der Waals surface area contributed by atoms with Crippen LogP contribution in [0.25, 0.3) is 0 Å². The molecule has 0 bridgehead atoms. The van der Waals surface area contributed by atoms with Crippen molar-refractivity contribution in [3.8, 4) is 0 Å². The Labute approximate surface area is 70.3 Å². The van der Waals surface area contributed by atoms with Gasteiger partial charge in [0, 0.05) is 0 Å². The van der Waals surface area contributed by atoms with Gasteiger partial charge >= 0.3 is 6.18 Å². The number of alkyl halides is 3. The smallest absolute Gasteiger partial charge is 0.308 e. The van der Waals surface area contributed by atoms with E-state index in [-0.39, 0.29) is 0 Å². The molecule has 1 aliphatic carbocycles. The average molecular weight is 181 g/mol. The summed E-state index contributed by atoms with van der Waals surface area (Å²) in [4.78, 5) is 0. The van der Waals surface area contributed by atoms with Gasteiger partial charge in [-0.05, 0) is 31.2 Å². The lowest BCUT2D eigenvalue weighted by Gasteiger charge is -2.12. The van der Waals surface area contributed by atoms with Gasteiger partial charge in [0.25, 0.3) is 0 Å². The summed E-state index contributed by atoms with van der Waals surface area (Å²) < 4.78 is 35.0. The molecule has 1 atom stereocenters. The van der Waals surface area contributed by atoms with E-state index in [0.717, 1.165) is 0 Å². The second-order valence-electron chi connectivity index (χ2n) is 3.56. The summed E-state index contributed by atoms with van der Waals surface area (Å²) in [6, 6.07) is 0. The monoisotopic (exact) mass is 181 g/mol. The van der Waals surface area contributed by atoms with Gasteiger partial charge in [-0.25, -0.2) is 0 Å². The highest BCUT2D eigenvalue weighted by Gasteiger charge is 2.30. The van der Waals surface area contributed by atoms with Crippen LogP contribution in [0.5, 0.6) is 0 Å². The highest BCUT2D eigenvalue weighted by Crippen LogP contribution is 2.36. The standard InChI is InChI=1S/C8H14F3N/c1-6(7-2-3-7)4-12-5-8(9,10)11/h6-7,12H,2-5H2,1H3. The maximum atomic E-state index is 11.7. The highest BCUT2D eigenvalue weighted by molar-refractivity contribution is 4.79. The minimum atomic E-state index is -4.07. The number of nitrogens with one attached hydrogen (secondary N) is 1. The van der Waals surface area contributed by atoms with E-state index in [1.165, 1.54) is 12.8 Å². The van der Waals surface area contributed by atoms with Gasteiger partial charge in [-0.3, -0.25) is 0 Å². The molecule has 0 aromatic carbocycles. The predicted octanol–water partition coefficient (Wildman–Crippen LogP) is 2.18. The Morgan fingerprint density at radius 1 is 1.42 bits per heavy atom. The van der Waals surface area contributed by atoms with E-state index in [1.54, 1.807) is 0 Å². The molecule has 0 saturated heterocycles. The summed E-state index contributed by atoms with van der Waals surface area (Å²) in [5.41, 5.74) is 0. The van der Waals surface area contributed by atoms with Gasteiger partial charge < -0.3 is 5.32 Å². The Balaban J connectivity index is 2.01. The Hall–Kier alpha value is -0.250. The highest BCUT2D eigenvalue weighted by atomic mass is 19.4. The van der Waals surface area contributed by atoms with E-state index in [9.17, 15) is 13.2 Å². The lowest BCUT2D eigenvalue weighted by Crippen LogP contribution is -2.32. The van der Waals surface area contributed by atoms with Crippen LogP contribution in [-0.4, -0.2) is 19.3 Å². The zero-order valence-electron chi connectivity index (χ0n) is 7.12. The van der Waals surface area contributed by atoms with E-state index in [1.807, 2.05) is 6.92 Å². The second kappa shape index (κ2) is 3.64. The summed E-state index contributed by atoms with van der Waals surface area (Å²) in [6.07, 6.45) is -1.69. The fraction of sp³-hybridized carbons (Fsp3) is 1.00. The molecular formula is C8H14F3N. The van der Waals surface area contributed by atoms with Crippen LogP contribution >= 0.6 is 0 Å². The molecule has 0 aliphatic heterocycles. The molecule has 0 amide bonds. The normalized spacial score (nSPS) is 21.0. The van der Waals surface area contributed by atoms with Crippen LogP contribution in [0.15, 0.2) is 0 Å². The van der Waals surface area contributed by atoms with E-state index < -0.39 is 12.7 Å². The molecule has 1 nitrogen and oxygen atoms in total. The fourth-order valence-electron chi connectivity index (χ4n) is 1.27. The molecule has 1 rings (SSSR count). The van der Waals surface area contributed by atoms with Gasteiger partial charge in [0.05, 0.1) is 6.54 Å². The molecule has 12 heavy (non-hydrogen) atoms. The largest absolute Gasteiger partial charge is 0.401 e. The Bertz CT molecular complexity index is 140. The summed E-state index contributed by atoms with van der Waals surface area (Å²) in [5.74, 6) is 1.07. The molecule has 72 valence electrons. The van der Waals surface area contributed by atoms with Crippen molar-refractivity contribution in [2.45, 2.75) is 25.9 Å². The maximum Gasteiger partial charge on any atom is 0.401 e. The first kappa shape index (κ1) is 9.84. The Kier molecular flexibility index (Phi) is 2.99. The summed E-state index contributed by atoms with van der Waals surface area (Å²) in [5, 5.41) is 2.42. The quantitative estimate of drug-likeness (QED) is 0.701. The summed E-state index contributed by atoms with van der Waals surface area (Å²) in [6.45, 7) is 1.63. The number of rotatable bonds is 4. The van der Waals surface area contributed by atoms with Gasteiger partial charge in [0.15, 0.2) is 0 Å². The molecule has 0 aromatic heterocycles. The molecule has 1 N–H and O–H groups in total. The van der Waals surface area contributed by atoms with E-state index in [2.05, 4.69) is 5.32 Å². The molecule has 4 heteroatoms. The van der Waals surface area contributed by atoms with E-state index in [0.29, 0.717) is 18.4 Å². The summed E-state index contributed by atoms with van der Waals surface area (Å²) in [7, 11) is 0. The molecule has 0 spiro atoms. The SMILES string of the molecule is CC(CNCC(F)(F)F)C1CC1. The molecule has 1 fully saturated rings. The van der Waals surface area contributed by atoms with E-state index >= 15 is 0 Å². The van der Waals surface area contributed by atoms with Gasteiger partial charge in [-0.15, -0.1) is 0 Å². The van der Waals surface area contributed by atoms with Crippen molar-refractivity contribution >= 4 is 0 Å². The first-order valence-corrected chi connectivity index (χ1v) is 4.26. The van der Waals surface area contributed by atoms with Crippen molar-refractivity contribution < 1.29 is 13.2 Å². The third-order valence-electron chi connectivity index (χ3n) is 2.22. The lowest BCUT2D eigenvalue weighted by molar-refractivity contribution is -0.125. The first-order valence-electron chi connectivity index (χ1n) is 4.26. The van der Waals surface area contributed by atoms with Crippen LogP contribution in [0.2, 0.25) is 0 Å². The molecular weight excluding hydrogens is 167 g/mol. The maximum absolute atomic E-state index is 11.7. The summed E-state index contributed by atoms with van der Waals surface area (Å²) >= 11 is 0. The van der Waals surface area contributed by atoms with Crippen LogP contribution in [0.3, 0.4) is 0 Å². The van der Waals surface area contributed by atoms with Crippen LogP contribution in [0, 0.1) is 11.8 Å². The first-order chi connectivity index (χ1) is 5.49. The minimum absolute atomic E-state index is 0.396. The second-order valence-corrected chi connectivity index (χ2v) is 3.56. The number of hydrogen-bond donors (Lipinski definition) is 1. The fourth-order valence-corrected chi connectivity index (χ4v) is 1.27. The zero-order chi connectivity index (χ0) is 9.19. The number of halogens is 3. The van der Waals surface area contributed by atoms with Crippen LogP contribution in [0.1, 0.15) is 19.8 Å². The van der Waals surface area contributed by atoms with Crippen molar-refractivity contribution in [3.63, 3.8) is 0 Å². The molecule has 1 unspecified atom stereocenters.